The van der Waals surface area contributed by atoms with E-state index in [1.54, 1.807) is 6.07 Å². The molecular formula is C13H9BrF2O. The molecule has 0 aliphatic heterocycles. The molecule has 0 aliphatic rings. The third-order valence-corrected chi connectivity index (χ3v) is 3.14. The zero-order valence-corrected chi connectivity index (χ0v) is 10.3. The molecule has 2 aromatic carbocycles. The van der Waals surface area contributed by atoms with Crippen LogP contribution in [-0.2, 0) is 0 Å². The monoisotopic (exact) mass is 298 g/mol. The molecule has 1 N–H and O–H groups in total. The molecule has 0 saturated heterocycles. The average molecular weight is 299 g/mol. The highest BCUT2D eigenvalue weighted by atomic mass is 79.9. The van der Waals surface area contributed by atoms with Crippen LogP contribution in [0.1, 0.15) is 17.2 Å². The van der Waals surface area contributed by atoms with Gasteiger partial charge in [0.2, 0.25) is 0 Å². The van der Waals surface area contributed by atoms with Crippen molar-refractivity contribution in [1.82, 2.24) is 0 Å². The van der Waals surface area contributed by atoms with Gasteiger partial charge in [-0.25, -0.2) is 8.78 Å². The van der Waals surface area contributed by atoms with Crippen LogP contribution in [-0.4, -0.2) is 5.11 Å². The number of aliphatic hydroxyl groups excluding tert-OH is 1. The summed E-state index contributed by atoms with van der Waals surface area (Å²) in [6.45, 7) is 0. The van der Waals surface area contributed by atoms with Crippen molar-refractivity contribution in [3.63, 3.8) is 0 Å². The molecule has 1 nitrogen and oxygen atoms in total. The predicted molar refractivity (Wildman–Crippen MR) is 64.6 cm³/mol. The van der Waals surface area contributed by atoms with Crippen LogP contribution in [0.15, 0.2) is 46.9 Å². The quantitative estimate of drug-likeness (QED) is 0.894. The summed E-state index contributed by atoms with van der Waals surface area (Å²) in [5.41, 5.74) is 0.756. The lowest BCUT2D eigenvalue weighted by molar-refractivity contribution is 0.218. The van der Waals surface area contributed by atoms with E-state index in [0.29, 0.717) is 15.6 Å². The summed E-state index contributed by atoms with van der Waals surface area (Å²) in [6, 6.07) is 9.61. The Labute approximate surface area is 106 Å². The normalized spacial score (nSPS) is 12.5. The lowest BCUT2D eigenvalue weighted by Gasteiger charge is -2.13. The first-order chi connectivity index (χ1) is 8.08. The van der Waals surface area contributed by atoms with Gasteiger partial charge in [0, 0.05) is 10.0 Å². The molecule has 1 unspecified atom stereocenters. The third-order valence-electron chi connectivity index (χ3n) is 2.42. The van der Waals surface area contributed by atoms with Gasteiger partial charge in [-0.3, -0.25) is 0 Å². The van der Waals surface area contributed by atoms with Crippen LogP contribution in [0.3, 0.4) is 0 Å². The molecule has 0 radical (unpaired) electrons. The van der Waals surface area contributed by atoms with Crippen molar-refractivity contribution >= 4 is 15.9 Å². The Balaban J connectivity index is 2.43. The molecule has 0 heterocycles. The molecule has 2 rings (SSSR count). The van der Waals surface area contributed by atoms with Crippen molar-refractivity contribution in [3.8, 4) is 0 Å². The summed E-state index contributed by atoms with van der Waals surface area (Å²) in [7, 11) is 0. The maximum atomic E-state index is 13.1. The van der Waals surface area contributed by atoms with Gasteiger partial charge in [0.05, 0.1) is 0 Å². The van der Waals surface area contributed by atoms with Gasteiger partial charge in [0.15, 0.2) is 0 Å². The van der Waals surface area contributed by atoms with Crippen LogP contribution in [0.25, 0.3) is 0 Å². The Hall–Kier alpha value is -1.26. The van der Waals surface area contributed by atoms with Crippen LogP contribution < -0.4 is 0 Å². The Bertz CT molecular complexity index is 543. The Morgan fingerprint density at radius 2 is 1.71 bits per heavy atom. The minimum absolute atomic E-state index is 0.371. The second kappa shape index (κ2) is 4.94. The molecule has 4 heteroatoms. The summed E-state index contributed by atoms with van der Waals surface area (Å²) < 4.78 is 26.7. The van der Waals surface area contributed by atoms with E-state index in [4.69, 9.17) is 0 Å². The minimum Gasteiger partial charge on any atom is -0.384 e. The van der Waals surface area contributed by atoms with E-state index in [2.05, 4.69) is 15.9 Å². The summed E-state index contributed by atoms with van der Waals surface area (Å²) in [4.78, 5) is 0. The van der Waals surface area contributed by atoms with Crippen LogP contribution in [0.5, 0.6) is 0 Å². The number of hydrogen-bond acceptors (Lipinski definition) is 1. The molecule has 0 fully saturated rings. The van der Waals surface area contributed by atoms with Crippen molar-refractivity contribution in [2.45, 2.75) is 6.10 Å². The highest BCUT2D eigenvalue weighted by Gasteiger charge is 2.14. The Morgan fingerprint density at radius 3 is 2.41 bits per heavy atom. The second-order valence-electron chi connectivity index (χ2n) is 3.62. The van der Waals surface area contributed by atoms with E-state index >= 15 is 0 Å². The second-order valence-corrected chi connectivity index (χ2v) is 4.48. The summed E-state index contributed by atoms with van der Waals surface area (Å²) in [6.07, 6.45) is -1.06. The standard InChI is InChI=1S/C13H9BrF2O/c14-12-5-4-10(16)7-11(12)13(17)8-2-1-3-9(15)6-8/h1-7,13,17H. The maximum absolute atomic E-state index is 13.1. The summed E-state index contributed by atoms with van der Waals surface area (Å²) in [5.74, 6) is -0.882. The number of benzene rings is 2. The van der Waals surface area contributed by atoms with E-state index in [9.17, 15) is 13.9 Å². The zero-order valence-electron chi connectivity index (χ0n) is 8.70. The molecule has 0 aliphatic carbocycles. The fourth-order valence-corrected chi connectivity index (χ4v) is 2.04. The molecule has 0 saturated carbocycles. The molecule has 0 amide bonds. The molecule has 0 bridgehead atoms. The topological polar surface area (TPSA) is 20.2 Å². The highest BCUT2D eigenvalue weighted by molar-refractivity contribution is 9.10. The van der Waals surface area contributed by atoms with E-state index in [1.165, 1.54) is 36.4 Å². The van der Waals surface area contributed by atoms with Crippen molar-refractivity contribution in [3.05, 3.63) is 69.7 Å². The maximum Gasteiger partial charge on any atom is 0.123 e. The van der Waals surface area contributed by atoms with Gasteiger partial charge in [-0.1, -0.05) is 28.1 Å². The first-order valence-corrected chi connectivity index (χ1v) is 5.75. The van der Waals surface area contributed by atoms with Gasteiger partial charge in [0.1, 0.15) is 17.7 Å². The molecule has 0 aromatic heterocycles. The lowest BCUT2D eigenvalue weighted by atomic mass is 10.0. The van der Waals surface area contributed by atoms with Crippen LogP contribution in [0.2, 0.25) is 0 Å². The van der Waals surface area contributed by atoms with Crippen LogP contribution in [0.4, 0.5) is 8.78 Å². The van der Waals surface area contributed by atoms with Crippen molar-refractivity contribution < 1.29 is 13.9 Å². The summed E-state index contributed by atoms with van der Waals surface area (Å²) in [5, 5.41) is 10.1. The van der Waals surface area contributed by atoms with Gasteiger partial charge >= 0.3 is 0 Å². The first-order valence-electron chi connectivity index (χ1n) is 4.96. The van der Waals surface area contributed by atoms with Gasteiger partial charge in [0.25, 0.3) is 0 Å². The smallest absolute Gasteiger partial charge is 0.123 e. The van der Waals surface area contributed by atoms with Crippen molar-refractivity contribution in [2.24, 2.45) is 0 Å². The predicted octanol–water partition coefficient (Wildman–Crippen LogP) is 3.81. The highest BCUT2D eigenvalue weighted by Crippen LogP contribution is 2.29. The molecule has 0 spiro atoms. The third kappa shape index (κ3) is 2.70. The van der Waals surface area contributed by atoms with Crippen molar-refractivity contribution in [2.75, 3.05) is 0 Å². The molecule has 88 valence electrons. The Morgan fingerprint density at radius 1 is 1.00 bits per heavy atom. The molecule has 17 heavy (non-hydrogen) atoms. The number of hydrogen-bond donors (Lipinski definition) is 1. The first kappa shape index (κ1) is 12.2. The minimum atomic E-state index is -1.06. The fraction of sp³-hybridized carbons (Fsp3) is 0.0769. The van der Waals surface area contributed by atoms with Crippen molar-refractivity contribution in [1.29, 1.82) is 0 Å². The number of halogens is 3. The van der Waals surface area contributed by atoms with Gasteiger partial charge < -0.3 is 5.11 Å². The van der Waals surface area contributed by atoms with Gasteiger partial charge in [-0.05, 0) is 35.9 Å². The molecule has 1 atom stereocenters. The number of aliphatic hydroxyl groups is 1. The van der Waals surface area contributed by atoms with E-state index in [0.717, 1.165) is 0 Å². The van der Waals surface area contributed by atoms with E-state index < -0.39 is 17.7 Å². The fourth-order valence-electron chi connectivity index (χ4n) is 1.58. The lowest BCUT2D eigenvalue weighted by Crippen LogP contribution is -2.01. The van der Waals surface area contributed by atoms with E-state index in [1.807, 2.05) is 0 Å². The summed E-state index contributed by atoms with van der Waals surface area (Å²) >= 11 is 3.23. The zero-order chi connectivity index (χ0) is 12.4. The van der Waals surface area contributed by atoms with Gasteiger partial charge in [-0.15, -0.1) is 0 Å². The Kier molecular flexibility index (Phi) is 3.54. The SMILES string of the molecule is OC(c1cccc(F)c1)c1cc(F)ccc1Br. The van der Waals surface area contributed by atoms with E-state index in [-0.39, 0.29) is 0 Å². The van der Waals surface area contributed by atoms with Crippen LogP contribution in [0, 0.1) is 11.6 Å². The van der Waals surface area contributed by atoms with Crippen LogP contribution >= 0.6 is 15.9 Å². The molecule has 2 aromatic rings. The largest absolute Gasteiger partial charge is 0.384 e. The number of rotatable bonds is 2. The van der Waals surface area contributed by atoms with Gasteiger partial charge in [-0.2, -0.15) is 0 Å². The average Bonchev–Trinajstić information content (AvgIpc) is 2.31. The molecular weight excluding hydrogens is 290 g/mol.